The average molecular weight is 348 g/mol. The molecular formula is C19H22F2N2O2. The highest BCUT2D eigenvalue weighted by atomic mass is 19.3. The summed E-state index contributed by atoms with van der Waals surface area (Å²) in [7, 11) is 2.03. The molecule has 0 saturated carbocycles. The lowest BCUT2D eigenvalue weighted by Crippen LogP contribution is -2.28. The van der Waals surface area contributed by atoms with E-state index >= 15 is 0 Å². The van der Waals surface area contributed by atoms with E-state index in [9.17, 15) is 13.6 Å². The normalized spacial score (nSPS) is 10.9. The van der Waals surface area contributed by atoms with Crippen molar-refractivity contribution in [3.05, 3.63) is 65.7 Å². The third-order valence-corrected chi connectivity index (χ3v) is 3.62. The van der Waals surface area contributed by atoms with Crippen molar-refractivity contribution in [3.8, 4) is 5.75 Å². The number of hydrogen-bond acceptors (Lipinski definition) is 3. The fourth-order valence-corrected chi connectivity index (χ4v) is 2.44. The number of nitrogens with one attached hydrogen (secondary N) is 1. The van der Waals surface area contributed by atoms with Crippen LogP contribution in [0.15, 0.2) is 54.6 Å². The number of ether oxygens (including phenoxy) is 1. The van der Waals surface area contributed by atoms with Crippen molar-refractivity contribution < 1.29 is 18.3 Å². The van der Waals surface area contributed by atoms with Crippen molar-refractivity contribution in [2.24, 2.45) is 0 Å². The summed E-state index contributed by atoms with van der Waals surface area (Å²) in [4.78, 5) is 14.2. The van der Waals surface area contributed by atoms with E-state index in [1.165, 1.54) is 23.8 Å². The van der Waals surface area contributed by atoms with Gasteiger partial charge in [0.05, 0.1) is 0 Å². The van der Waals surface area contributed by atoms with Gasteiger partial charge in [0.1, 0.15) is 5.75 Å². The zero-order valence-electron chi connectivity index (χ0n) is 14.1. The topological polar surface area (TPSA) is 41.6 Å². The molecule has 0 radical (unpaired) electrons. The Balaban J connectivity index is 1.71. The molecule has 2 rings (SSSR count). The number of carbonyl (C=O) groups is 1. The van der Waals surface area contributed by atoms with Crippen LogP contribution in [0.2, 0.25) is 0 Å². The van der Waals surface area contributed by atoms with Gasteiger partial charge in [-0.15, -0.1) is 0 Å². The Kier molecular flexibility index (Phi) is 7.35. The summed E-state index contributed by atoms with van der Waals surface area (Å²) >= 11 is 0. The Hall–Kier alpha value is -2.47. The van der Waals surface area contributed by atoms with Crippen LogP contribution in [0.4, 0.5) is 8.78 Å². The lowest BCUT2D eigenvalue weighted by Gasteiger charge is -2.16. The Morgan fingerprint density at radius 1 is 1.16 bits per heavy atom. The minimum absolute atomic E-state index is 0.0229. The number of rotatable bonds is 9. The van der Waals surface area contributed by atoms with Gasteiger partial charge in [-0.05, 0) is 43.8 Å². The van der Waals surface area contributed by atoms with Crippen molar-refractivity contribution in [2.45, 2.75) is 19.6 Å². The monoisotopic (exact) mass is 348 g/mol. The van der Waals surface area contributed by atoms with Crippen LogP contribution in [0.25, 0.3) is 0 Å². The Morgan fingerprint density at radius 2 is 1.92 bits per heavy atom. The number of hydrogen-bond donors (Lipinski definition) is 1. The highest BCUT2D eigenvalue weighted by molar-refractivity contribution is 5.94. The minimum atomic E-state index is -2.90. The second-order valence-electron chi connectivity index (χ2n) is 5.74. The first-order chi connectivity index (χ1) is 12.0. The smallest absolute Gasteiger partial charge is 0.387 e. The predicted molar refractivity (Wildman–Crippen MR) is 92.8 cm³/mol. The Labute approximate surface area is 146 Å². The van der Waals surface area contributed by atoms with E-state index < -0.39 is 6.61 Å². The van der Waals surface area contributed by atoms with Crippen molar-refractivity contribution >= 4 is 5.91 Å². The van der Waals surface area contributed by atoms with Gasteiger partial charge < -0.3 is 15.0 Å². The Bertz CT molecular complexity index is 665. The third kappa shape index (κ3) is 6.89. The molecule has 0 aliphatic carbocycles. The zero-order chi connectivity index (χ0) is 18.1. The quantitative estimate of drug-likeness (QED) is 0.705. The third-order valence-electron chi connectivity index (χ3n) is 3.62. The predicted octanol–water partition coefficient (Wildman–Crippen LogP) is 3.54. The van der Waals surface area contributed by atoms with Crippen LogP contribution in [0.5, 0.6) is 5.75 Å². The fraction of sp³-hybridized carbons (Fsp3) is 0.316. The largest absolute Gasteiger partial charge is 0.435 e. The van der Waals surface area contributed by atoms with Gasteiger partial charge in [-0.3, -0.25) is 4.79 Å². The molecule has 134 valence electrons. The number of amides is 1. The molecule has 0 atom stereocenters. The summed E-state index contributed by atoms with van der Waals surface area (Å²) in [6.07, 6.45) is 0.794. The molecule has 0 heterocycles. The zero-order valence-corrected chi connectivity index (χ0v) is 14.1. The van der Waals surface area contributed by atoms with Gasteiger partial charge in [0.2, 0.25) is 0 Å². The summed E-state index contributed by atoms with van der Waals surface area (Å²) in [5.74, 6) is -0.323. The highest BCUT2D eigenvalue weighted by Crippen LogP contribution is 2.15. The molecule has 25 heavy (non-hydrogen) atoms. The van der Waals surface area contributed by atoms with E-state index in [0.29, 0.717) is 12.1 Å². The van der Waals surface area contributed by atoms with E-state index in [2.05, 4.69) is 27.1 Å². The number of carbonyl (C=O) groups excluding carboxylic acids is 1. The standard InChI is InChI=1S/C19H22F2N2O2/c1-23(14-15-7-3-2-4-8-15)12-6-11-22-18(24)16-9-5-10-17(13-16)25-19(20)21/h2-5,7-10,13,19H,6,11-12,14H2,1H3,(H,22,24). The maximum absolute atomic E-state index is 12.2. The molecule has 4 nitrogen and oxygen atoms in total. The molecular weight excluding hydrogens is 326 g/mol. The van der Waals surface area contributed by atoms with Crippen LogP contribution in [-0.2, 0) is 6.54 Å². The molecule has 2 aromatic rings. The fourth-order valence-electron chi connectivity index (χ4n) is 2.44. The van der Waals surface area contributed by atoms with E-state index in [0.717, 1.165) is 19.5 Å². The Morgan fingerprint density at radius 3 is 2.64 bits per heavy atom. The first-order valence-electron chi connectivity index (χ1n) is 8.10. The number of alkyl halides is 2. The van der Waals surface area contributed by atoms with Crippen LogP contribution < -0.4 is 10.1 Å². The van der Waals surface area contributed by atoms with Crippen LogP contribution in [0.3, 0.4) is 0 Å². The van der Waals surface area contributed by atoms with Gasteiger partial charge in [-0.1, -0.05) is 36.4 Å². The second kappa shape index (κ2) is 9.74. The van der Waals surface area contributed by atoms with E-state index in [4.69, 9.17) is 0 Å². The molecule has 0 fully saturated rings. The molecule has 0 aliphatic rings. The summed E-state index contributed by atoms with van der Waals surface area (Å²) in [6, 6.07) is 15.9. The summed E-state index contributed by atoms with van der Waals surface area (Å²) in [5, 5.41) is 2.79. The van der Waals surface area contributed by atoms with Gasteiger partial charge in [-0.25, -0.2) is 0 Å². The molecule has 0 unspecified atom stereocenters. The van der Waals surface area contributed by atoms with Crippen molar-refractivity contribution in [1.82, 2.24) is 10.2 Å². The first kappa shape index (κ1) is 18.9. The van der Waals surface area contributed by atoms with Crippen LogP contribution in [-0.4, -0.2) is 37.6 Å². The summed E-state index contributed by atoms with van der Waals surface area (Å²) in [6.45, 7) is -0.706. The maximum atomic E-state index is 12.2. The molecule has 0 bridgehead atoms. The summed E-state index contributed by atoms with van der Waals surface area (Å²) in [5.41, 5.74) is 1.54. The number of halogens is 2. The highest BCUT2D eigenvalue weighted by Gasteiger charge is 2.09. The average Bonchev–Trinajstić information content (AvgIpc) is 2.59. The van der Waals surface area contributed by atoms with E-state index in [-0.39, 0.29) is 11.7 Å². The SMILES string of the molecule is CN(CCCNC(=O)c1cccc(OC(F)F)c1)Cc1ccccc1. The molecule has 0 spiro atoms. The van der Waals surface area contributed by atoms with Crippen LogP contribution in [0.1, 0.15) is 22.3 Å². The van der Waals surface area contributed by atoms with E-state index in [1.807, 2.05) is 25.2 Å². The van der Waals surface area contributed by atoms with Gasteiger partial charge in [0.15, 0.2) is 0 Å². The number of nitrogens with zero attached hydrogens (tertiary/aromatic N) is 1. The summed E-state index contributed by atoms with van der Waals surface area (Å²) < 4.78 is 28.7. The lowest BCUT2D eigenvalue weighted by molar-refractivity contribution is -0.0498. The van der Waals surface area contributed by atoms with Crippen molar-refractivity contribution in [2.75, 3.05) is 20.1 Å². The lowest BCUT2D eigenvalue weighted by atomic mass is 10.2. The molecule has 1 amide bonds. The van der Waals surface area contributed by atoms with Gasteiger partial charge >= 0.3 is 6.61 Å². The molecule has 0 aromatic heterocycles. The molecule has 2 aromatic carbocycles. The molecule has 0 aliphatic heterocycles. The van der Waals surface area contributed by atoms with Gasteiger partial charge in [-0.2, -0.15) is 8.78 Å². The maximum Gasteiger partial charge on any atom is 0.387 e. The molecule has 0 saturated heterocycles. The van der Waals surface area contributed by atoms with E-state index in [1.54, 1.807) is 6.07 Å². The van der Waals surface area contributed by atoms with Crippen molar-refractivity contribution in [1.29, 1.82) is 0 Å². The van der Waals surface area contributed by atoms with Gasteiger partial charge in [0, 0.05) is 18.7 Å². The van der Waals surface area contributed by atoms with Gasteiger partial charge in [0.25, 0.3) is 5.91 Å². The van der Waals surface area contributed by atoms with Crippen molar-refractivity contribution in [3.63, 3.8) is 0 Å². The second-order valence-corrected chi connectivity index (χ2v) is 5.74. The molecule has 1 N–H and O–H groups in total. The minimum Gasteiger partial charge on any atom is -0.435 e. The van der Waals surface area contributed by atoms with Crippen LogP contribution in [0, 0.1) is 0 Å². The number of benzene rings is 2. The first-order valence-corrected chi connectivity index (χ1v) is 8.10. The molecule has 6 heteroatoms. The van der Waals surface area contributed by atoms with Crippen LogP contribution >= 0.6 is 0 Å².